The van der Waals surface area contributed by atoms with Crippen molar-refractivity contribution in [2.75, 3.05) is 66.6 Å². The van der Waals surface area contributed by atoms with E-state index in [0.29, 0.717) is 10.9 Å². The minimum absolute atomic E-state index is 0.0153. The zero-order valence-corrected chi connectivity index (χ0v) is 39.9. The number of likely N-dealkylation sites (tertiary alicyclic amines) is 1. The Kier molecular flexibility index (Phi) is 12.3. The van der Waals surface area contributed by atoms with Gasteiger partial charge in [-0.15, -0.1) is 0 Å². The predicted octanol–water partition coefficient (Wildman–Crippen LogP) is 3.42. The van der Waals surface area contributed by atoms with Crippen LogP contribution in [0.15, 0.2) is 53.6 Å². The molecule has 5 aromatic rings. The molecule has 0 aliphatic carbocycles. The molecule has 3 N–H and O–H groups in total. The summed E-state index contributed by atoms with van der Waals surface area (Å²) in [4.78, 5) is 61.0. The molecule has 2 aromatic heterocycles. The topological polar surface area (TPSA) is 262 Å². The Morgan fingerprint density at radius 1 is 1.03 bits per heavy atom. The van der Waals surface area contributed by atoms with Crippen LogP contribution in [-0.4, -0.2) is 131 Å². The van der Waals surface area contributed by atoms with Crippen molar-refractivity contribution in [3.63, 3.8) is 0 Å². The molecule has 0 bridgehead atoms. The van der Waals surface area contributed by atoms with Gasteiger partial charge in [0.25, 0.3) is 5.56 Å². The fraction of sp³-hybridized carbons (Fsp3) is 0.444. The van der Waals surface area contributed by atoms with Gasteiger partial charge in [0.15, 0.2) is 27.2 Å². The quantitative estimate of drug-likeness (QED) is 0.171. The molecule has 0 radical (unpaired) electrons. The number of aryl methyl sites for hydroxylation is 1. The summed E-state index contributed by atoms with van der Waals surface area (Å²) in [7, 11) is -4.92. The van der Waals surface area contributed by atoms with Crippen molar-refractivity contribution in [2.24, 2.45) is 7.05 Å². The number of fused-ring (bicyclic) bond motifs is 2. The Morgan fingerprint density at radius 2 is 1.76 bits per heavy atom. The van der Waals surface area contributed by atoms with Gasteiger partial charge in [0.1, 0.15) is 23.2 Å². The molecule has 370 valence electrons. The van der Waals surface area contributed by atoms with Crippen molar-refractivity contribution < 1.29 is 49.8 Å². The first-order chi connectivity index (χ1) is 33.1. The molecule has 4 saturated heterocycles. The van der Waals surface area contributed by atoms with E-state index in [-0.39, 0.29) is 130 Å². The molecule has 4 aliphatic heterocycles. The largest absolute Gasteiger partial charge is 0.453 e. The van der Waals surface area contributed by atoms with Crippen LogP contribution in [0.1, 0.15) is 63.5 Å². The number of rotatable bonds is 11. The Bertz CT molecular complexity index is 3330. The molecule has 3 aromatic carbocycles. The molecule has 70 heavy (non-hydrogen) atoms. The number of urea groups is 1. The molecule has 4 fully saturated rings. The van der Waals surface area contributed by atoms with Crippen molar-refractivity contribution in [1.29, 1.82) is 5.26 Å². The second kappa shape index (κ2) is 17.9. The minimum atomic E-state index is -4.09. The number of halogens is 2. The lowest BCUT2D eigenvalue weighted by Gasteiger charge is -2.42. The first-order valence-corrected chi connectivity index (χ1v) is 25.6. The molecule has 21 nitrogen and oxygen atoms in total. The molecule has 0 saturated carbocycles. The van der Waals surface area contributed by atoms with Gasteiger partial charge in [-0.05, 0) is 74.6 Å². The van der Waals surface area contributed by atoms with E-state index >= 15 is 8.78 Å². The van der Waals surface area contributed by atoms with E-state index in [2.05, 4.69) is 20.1 Å². The zero-order chi connectivity index (χ0) is 50.1. The maximum Gasteiger partial charge on any atom is 0.329 e. The van der Waals surface area contributed by atoms with Gasteiger partial charge in [-0.1, -0.05) is 6.92 Å². The van der Waals surface area contributed by atoms with Gasteiger partial charge in [-0.25, -0.2) is 27.0 Å². The highest BCUT2D eigenvalue weighted by Gasteiger charge is 2.54. The van der Waals surface area contributed by atoms with Crippen LogP contribution in [0.5, 0.6) is 11.5 Å². The van der Waals surface area contributed by atoms with Gasteiger partial charge in [-0.3, -0.25) is 38.6 Å². The fourth-order valence-electron chi connectivity index (χ4n) is 9.89. The van der Waals surface area contributed by atoms with E-state index in [1.54, 1.807) is 35.9 Å². The average molecular weight is 1010 g/mol. The first kappa shape index (κ1) is 48.3. The number of piperidine rings is 2. The standard InChI is InChI=1S/C45H49F2N11O10S2/c1-4-53(2)70(66,67)52-35-8-6-32(46)40(31(35)24-48)68-28-5-7-34-29(19-28)42(61)58(26-49-34)27-22-45(69(64,65)25-27)12-17-56(18-13-45)39(60)23-44(63)10-15-55(16-11-44)37-21-36-30(20-33(37)47)41(51-54(36)3)57-14-9-38(59)50-43(57)62/h5-8,19-21,26-27,52,63H,4,9-18,22-23,25H2,1-3H3,(H,50,59,62)/t27-/m1/s1. The normalized spacial score (nSPS) is 20.0. The maximum absolute atomic E-state index is 15.8. The lowest BCUT2D eigenvalue weighted by molar-refractivity contribution is -0.138. The number of aromatic nitrogens is 4. The molecule has 25 heteroatoms. The minimum Gasteiger partial charge on any atom is -0.453 e. The molecular weight excluding hydrogens is 957 g/mol. The summed E-state index contributed by atoms with van der Waals surface area (Å²) in [5.41, 5.74) is -1.62. The number of aliphatic hydroxyl groups is 1. The van der Waals surface area contributed by atoms with Gasteiger partial charge in [0.2, 0.25) is 11.8 Å². The number of anilines is 3. The lowest BCUT2D eigenvalue weighted by atomic mass is 9.86. The number of nitriles is 1. The number of nitrogens with zero attached hydrogens (tertiary/aromatic N) is 9. The van der Waals surface area contributed by atoms with Crippen molar-refractivity contribution in [2.45, 2.75) is 68.3 Å². The molecule has 4 amide bonds. The van der Waals surface area contributed by atoms with Gasteiger partial charge in [-0.2, -0.15) is 23.1 Å². The number of imide groups is 1. The van der Waals surface area contributed by atoms with E-state index in [4.69, 9.17) is 4.74 Å². The third kappa shape index (κ3) is 8.66. The van der Waals surface area contributed by atoms with E-state index < -0.39 is 76.9 Å². The number of carbonyl (C=O) groups excluding carboxylic acids is 3. The number of sulfone groups is 1. The van der Waals surface area contributed by atoms with Crippen LogP contribution in [0.4, 0.5) is 30.8 Å². The van der Waals surface area contributed by atoms with Crippen LogP contribution in [-0.2, 0) is 36.7 Å². The Labute approximate surface area is 400 Å². The summed E-state index contributed by atoms with van der Waals surface area (Å²) in [5.74, 6) is -3.10. The summed E-state index contributed by atoms with van der Waals surface area (Å²) in [5, 5.41) is 28.6. The highest BCUT2D eigenvalue weighted by molar-refractivity contribution is 7.93. The fourth-order valence-corrected chi connectivity index (χ4v) is 13.2. The van der Waals surface area contributed by atoms with E-state index in [9.17, 15) is 46.4 Å². The summed E-state index contributed by atoms with van der Waals surface area (Å²) in [6.07, 6.45) is 1.71. The van der Waals surface area contributed by atoms with Crippen molar-refractivity contribution in [3.05, 3.63) is 76.3 Å². The van der Waals surface area contributed by atoms with Gasteiger partial charge in [0, 0.05) is 65.2 Å². The van der Waals surface area contributed by atoms with Crippen LogP contribution in [0.25, 0.3) is 21.8 Å². The second-order valence-corrected chi connectivity index (χ2v) is 22.5. The smallest absolute Gasteiger partial charge is 0.329 e. The van der Waals surface area contributed by atoms with Gasteiger partial charge >= 0.3 is 16.2 Å². The van der Waals surface area contributed by atoms with E-state index in [1.165, 1.54) is 51.8 Å². The van der Waals surface area contributed by atoms with Crippen molar-refractivity contribution in [3.8, 4) is 17.6 Å². The number of nitrogens with one attached hydrogen (secondary N) is 2. The number of amides is 4. The molecule has 6 heterocycles. The number of hydrogen-bond acceptors (Lipinski definition) is 14. The number of carbonyl (C=O) groups is 3. The Balaban J connectivity index is 0.841. The third-order valence-electron chi connectivity index (χ3n) is 14.1. The van der Waals surface area contributed by atoms with E-state index in [1.807, 2.05) is 0 Å². The lowest BCUT2D eigenvalue weighted by Crippen LogP contribution is -2.52. The van der Waals surface area contributed by atoms with Gasteiger partial charge in [0.05, 0.1) is 62.7 Å². The second-order valence-electron chi connectivity index (χ2n) is 18.3. The van der Waals surface area contributed by atoms with Crippen molar-refractivity contribution >= 4 is 76.9 Å². The van der Waals surface area contributed by atoms with E-state index in [0.717, 1.165) is 16.4 Å². The average Bonchev–Trinajstić information content (AvgIpc) is 3.76. The molecule has 4 aliphatic rings. The van der Waals surface area contributed by atoms with Crippen LogP contribution in [0, 0.1) is 23.0 Å². The van der Waals surface area contributed by atoms with Crippen LogP contribution >= 0.6 is 0 Å². The first-order valence-electron chi connectivity index (χ1n) is 22.6. The molecule has 1 spiro atoms. The highest BCUT2D eigenvalue weighted by atomic mass is 32.2. The van der Waals surface area contributed by atoms with Crippen LogP contribution < -0.4 is 30.1 Å². The summed E-state index contributed by atoms with van der Waals surface area (Å²) >= 11 is 0. The molecule has 9 rings (SSSR count). The summed E-state index contributed by atoms with van der Waals surface area (Å²) in [6, 6.07) is 9.38. The SMILES string of the molecule is CCN(C)S(=O)(=O)Nc1ccc(F)c(Oc2ccc3ncn([C@@H]4CC5(CCN(C(=O)CC6(O)CCN(c7cc8c(cc7F)c(N7CCC(=O)NC7=O)nn8C)CC6)CC5)S(=O)(=O)C4)c(=O)c3c2)c1C#N. The Morgan fingerprint density at radius 3 is 2.44 bits per heavy atom. The van der Waals surface area contributed by atoms with Crippen molar-refractivity contribution in [1.82, 2.24) is 33.9 Å². The molecule has 1 atom stereocenters. The molecule has 0 unspecified atom stereocenters. The highest BCUT2D eigenvalue weighted by Crippen LogP contribution is 2.46. The number of hydrogen-bond donors (Lipinski definition) is 3. The summed E-state index contributed by atoms with van der Waals surface area (Å²) < 4.78 is 94.8. The van der Waals surface area contributed by atoms with Crippen LogP contribution in [0.2, 0.25) is 0 Å². The Hall–Kier alpha value is -6.75. The van der Waals surface area contributed by atoms with Gasteiger partial charge < -0.3 is 19.6 Å². The van der Waals surface area contributed by atoms with Crippen LogP contribution in [0.3, 0.4) is 0 Å². The maximum atomic E-state index is 15.8. The third-order valence-corrected chi connectivity index (χ3v) is 18.4. The zero-order valence-electron chi connectivity index (χ0n) is 38.3. The number of ether oxygens (including phenoxy) is 1. The predicted molar refractivity (Wildman–Crippen MR) is 251 cm³/mol. The summed E-state index contributed by atoms with van der Waals surface area (Å²) in [6.45, 7) is 2.48. The number of benzene rings is 3. The monoisotopic (exact) mass is 1010 g/mol. The molecular formula is C45H49F2N11O10S2.